The van der Waals surface area contributed by atoms with Crippen molar-refractivity contribution in [3.8, 4) is 17.2 Å². The van der Waals surface area contributed by atoms with Crippen LogP contribution in [-0.2, 0) is 20.8 Å². The number of rotatable bonds is 8. The largest absolute Gasteiger partial charge is 0.507 e. The van der Waals surface area contributed by atoms with Crippen molar-refractivity contribution < 1.29 is 29.3 Å². The number of phenols is 1. The molecule has 2 rings (SSSR count). The van der Waals surface area contributed by atoms with E-state index in [1.54, 1.807) is 30.3 Å². The van der Waals surface area contributed by atoms with Crippen LogP contribution < -0.4 is 10.1 Å². The van der Waals surface area contributed by atoms with Gasteiger partial charge < -0.3 is 20.3 Å². The molecular formula is C19H16I3NO6S. The fourth-order valence-corrected chi connectivity index (χ4v) is 5.36. The van der Waals surface area contributed by atoms with Crippen LogP contribution in [0.25, 0.3) is 0 Å². The van der Waals surface area contributed by atoms with Gasteiger partial charge in [0.1, 0.15) is 17.5 Å². The van der Waals surface area contributed by atoms with Gasteiger partial charge in [0.2, 0.25) is 5.91 Å². The lowest BCUT2D eigenvalue weighted by Crippen LogP contribution is -2.43. The Morgan fingerprint density at radius 2 is 1.73 bits per heavy atom. The Bertz CT molecular complexity index is 962. The lowest BCUT2D eigenvalue weighted by atomic mass is 10.1. The van der Waals surface area contributed by atoms with E-state index < -0.39 is 17.9 Å². The fraction of sp³-hybridized carbons (Fsp3) is 0.211. The molecule has 0 aliphatic carbocycles. The van der Waals surface area contributed by atoms with E-state index in [4.69, 9.17) is 4.74 Å². The van der Waals surface area contributed by atoms with Gasteiger partial charge in [-0.25, -0.2) is 4.79 Å². The molecule has 2 aromatic carbocycles. The van der Waals surface area contributed by atoms with Crippen molar-refractivity contribution in [2.45, 2.75) is 19.4 Å². The van der Waals surface area contributed by atoms with Gasteiger partial charge in [-0.3, -0.25) is 9.59 Å². The first-order chi connectivity index (χ1) is 14.1. The van der Waals surface area contributed by atoms with Gasteiger partial charge in [-0.2, -0.15) is 0 Å². The molecule has 0 spiro atoms. The van der Waals surface area contributed by atoms with E-state index >= 15 is 0 Å². The average molecular weight is 767 g/mol. The van der Waals surface area contributed by atoms with Crippen LogP contribution in [0.5, 0.6) is 17.2 Å². The number of aliphatic carboxylic acids is 1. The van der Waals surface area contributed by atoms with E-state index in [0.29, 0.717) is 15.1 Å². The molecule has 30 heavy (non-hydrogen) atoms. The van der Waals surface area contributed by atoms with Gasteiger partial charge >= 0.3 is 5.97 Å². The summed E-state index contributed by atoms with van der Waals surface area (Å²) >= 11 is 7.05. The zero-order chi connectivity index (χ0) is 22.4. The zero-order valence-corrected chi connectivity index (χ0v) is 22.7. The Balaban J connectivity index is 2.15. The smallest absolute Gasteiger partial charge is 0.326 e. The number of aromatic hydroxyl groups is 1. The molecule has 1 unspecified atom stereocenters. The molecule has 11 heteroatoms. The Hall–Kier alpha value is -0.810. The fourth-order valence-electron chi connectivity index (χ4n) is 2.34. The first kappa shape index (κ1) is 25.5. The Morgan fingerprint density at radius 3 is 2.27 bits per heavy atom. The molecule has 0 aliphatic rings. The molecule has 0 bridgehead atoms. The second kappa shape index (κ2) is 11.7. The van der Waals surface area contributed by atoms with Crippen molar-refractivity contribution in [3.63, 3.8) is 0 Å². The molecule has 7 nitrogen and oxygen atoms in total. The molecule has 0 fully saturated rings. The highest BCUT2D eigenvalue weighted by molar-refractivity contribution is 14.1. The summed E-state index contributed by atoms with van der Waals surface area (Å²) in [6.45, 7) is 1.35. The number of nitrogens with one attached hydrogen (secondary N) is 1. The van der Waals surface area contributed by atoms with E-state index in [9.17, 15) is 24.6 Å². The van der Waals surface area contributed by atoms with E-state index in [1.165, 1.54) is 6.92 Å². The van der Waals surface area contributed by atoms with Crippen LogP contribution in [0.4, 0.5) is 0 Å². The van der Waals surface area contributed by atoms with Crippen molar-refractivity contribution in [2.75, 3.05) is 5.75 Å². The number of hydrogen-bond acceptors (Lipinski definition) is 6. The SMILES string of the molecule is CC(=O)SCC(=O)NC(Cc1cc(I)c(Oc2ccc(O)c(I)c2)c(I)c1)C(=O)O. The summed E-state index contributed by atoms with van der Waals surface area (Å²) < 4.78 is 8.17. The minimum Gasteiger partial charge on any atom is -0.507 e. The van der Waals surface area contributed by atoms with Crippen LogP contribution in [0.15, 0.2) is 30.3 Å². The van der Waals surface area contributed by atoms with Crippen LogP contribution in [0.2, 0.25) is 0 Å². The number of benzene rings is 2. The number of hydrogen-bond donors (Lipinski definition) is 3. The number of halogens is 3. The second-order valence-electron chi connectivity index (χ2n) is 6.05. The summed E-state index contributed by atoms with van der Waals surface area (Å²) in [4.78, 5) is 34.5. The number of carbonyl (C=O) groups is 3. The van der Waals surface area contributed by atoms with Gasteiger partial charge in [-0.15, -0.1) is 0 Å². The Kier molecular flexibility index (Phi) is 9.93. The van der Waals surface area contributed by atoms with Gasteiger partial charge in [-0.1, -0.05) is 11.8 Å². The first-order valence-corrected chi connectivity index (χ1v) is 12.6. The minimum atomic E-state index is -1.15. The molecule has 3 N–H and O–H groups in total. The van der Waals surface area contributed by atoms with Gasteiger partial charge in [0.15, 0.2) is 10.9 Å². The minimum absolute atomic E-state index is 0.0925. The summed E-state index contributed by atoms with van der Waals surface area (Å²) in [5, 5.41) is 21.3. The number of carbonyl (C=O) groups excluding carboxylic acids is 2. The summed E-state index contributed by atoms with van der Waals surface area (Å²) in [6, 6.07) is 7.42. The molecule has 0 radical (unpaired) electrons. The lowest BCUT2D eigenvalue weighted by molar-refractivity contribution is -0.141. The van der Waals surface area contributed by atoms with E-state index in [2.05, 4.69) is 50.5 Å². The second-order valence-corrected chi connectivity index (χ2v) is 10.7. The highest BCUT2D eigenvalue weighted by Gasteiger charge is 2.22. The molecule has 0 heterocycles. The van der Waals surface area contributed by atoms with Crippen LogP contribution in [-0.4, -0.2) is 39.0 Å². The Morgan fingerprint density at radius 1 is 1.10 bits per heavy atom. The number of phenolic OH excluding ortho intramolecular Hbond substituents is 1. The normalized spacial score (nSPS) is 11.6. The number of amides is 1. The summed E-state index contributed by atoms with van der Waals surface area (Å²) in [5.74, 6) is -0.415. The van der Waals surface area contributed by atoms with Crippen molar-refractivity contribution in [2.24, 2.45) is 0 Å². The van der Waals surface area contributed by atoms with Crippen molar-refractivity contribution in [1.82, 2.24) is 5.32 Å². The van der Waals surface area contributed by atoms with Gasteiger partial charge in [0, 0.05) is 13.3 Å². The molecule has 0 aliphatic heterocycles. The third-order valence-corrected chi connectivity index (χ3v) is 6.96. The van der Waals surface area contributed by atoms with Gasteiger partial charge in [-0.05, 0) is 104 Å². The van der Waals surface area contributed by atoms with E-state index in [-0.39, 0.29) is 23.0 Å². The molecule has 0 saturated heterocycles. The molecule has 1 amide bonds. The first-order valence-electron chi connectivity index (χ1n) is 8.36. The number of thioether (sulfide) groups is 1. The lowest BCUT2D eigenvalue weighted by Gasteiger charge is -2.16. The third-order valence-electron chi connectivity index (χ3n) is 3.68. The van der Waals surface area contributed by atoms with Gasteiger partial charge in [0.25, 0.3) is 0 Å². The molecule has 0 aromatic heterocycles. The standard InChI is InChI=1S/C19H16I3NO6S/c1-9(24)30-8-17(26)23-15(19(27)28)6-10-4-13(21)18(14(22)5-10)29-11-2-3-16(25)12(20)7-11/h2-5,7,15,25H,6,8H2,1H3,(H,23,26)(H,27,28). The summed E-state index contributed by atoms with van der Waals surface area (Å²) in [7, 11) is 0. The highest BCUT2D eigenvalue weighted by atomic mass is 127. The monoisotopic (exact) mass is 767 g/mol. The Labute approximate surface area is 218 Å². The van der Waals surface area contributed by atoms with E-state index in [1.807, 2.05) is 22.6 Å². The van der Waals surface area contributed by atoms with Crippen LogP contribution in [0.1, 0.15) is 12.5 Å². The predicted molar refractivity (Wildman–Crippen MR) is 139 cm³/mol. The van der Waals surface area contributed by atoms with Gasteiger partial charge in [0.05, 0.1) is 16.5 Å². The van der Waals surface area contributed by atoms with Crippen LogP contribution >= 0.6 is 79.5 Å². The number of carboxylic acids is 1. The average Bonchev–Trinajstić information content (AvgIpc) is 2.65. The molecular weight excluding hydrogens is 751 g/mol. The highest BCUT2D eigenvalue weighted by Crippen LogP contribution is 2.35. The maximum atomic E-state index is 11.9. The third kappa shape index (κ3) is 7.71. The van der Waals surface area contributed by atoms with Crippen molar-refractivity contribution in [1.29, 1.82) is 0 Å². The summed E-state index contributed by atoms with van der Waals surface area (Å²) in [5.41, 5.74) is 0.725. The van der Waals surface area contributed by atoms with Crippen LogP contribution in [0.3, 0.4) is 0 Å². The molecule has 1 atom stereocenters. The van der Waals surface area contributed by atoms with Crippen molar-refractivity contribution in [3.05, 3.63) is 46.6 Å². The quantitative estimate of drug-likeness (QED) is 0.342. The molecule has 2 aromatic rings. The van der Waals surface area contributed by atoms with Crippen LogP contribution in [0, 0.1) is 10.7 Å². The van der Waals surface area contributed by atoms with E-state index in [0.717, 1.165) is 24.5 Å². The maximum Gasteiger partial charge on any atom is 0.326 e. The zero-order valence-electron chi connectivity index (χ0n) is 15.4. The topological polar surface area (TPSA) is 113 Å². The number of ether oxygens (including phenoxy) is 1. The summed E-state index contributed by atoms with van der Waals surface area (Å²) in [6.07, 6.45) is 0.0925. The molecule has 160 valence electrons. The maximum absolute atomic E-state index is 11.9. The van der Waals surface area contributed by atoms with Crippen molar-refractivity contribution >= 4 is 96.5 Å². The number of carboxylic acid groups (broad SMARTS) is 1. The predicted octanol–water partition coefficient (Wildman–Crippen LogP) is 4.39. The molecule has 0 saturated carbocycles.